The highest BCUT2D eigenvalue weighted by molar-refractivity contribution is 9.10. The summed E-state index contributed by atoms with van der Waals surface area (Å²) in [4.78, 5) is 15.5. The van der Waals surface area contributed by atoms with Crippen LogP contribution >= 0.6 is 27.7 Å². The minimum atomic E-state index is 0.617. The molecule has 2 heterocycles. The van der Waals surface area contributed by atoms with Gasteiger partial charge in [-0.15, -0.1) is 11.8 Å². The molecule has 3 rings (SSSR count). The van der Waals surface area contributed by atoms with Gasteiger partial charge in [0.15, 0.2) is 5.65 Å². The number of ether oxygens (including phenoxy) is 1. The summed E-state index contributed by atoms with van der Waals surface area (Å²) in [5.41, 5.74) is 1.57. The van der Waals surface area contributed by atoms with Crippen molar-refractivity contribution in [3.8, 4) is 5.75 Å². The Morgan fingerprint density at radius 1 is 1.15 bits per heavy atom. The van der Waals surface area contributed by atoms with Gasteiger partial charge in [0, 0.05) is 10.2 Å². The first-order valence-corrected chi connectivity index (χ1v) is 7.76. The highest BCUT2D eigenvalue weighted by Crippen LogP contribution is 2.22. The van der Waals surface area contributed by atoms with Gasteiger partial charge in [-0.25, -0.2) is 15.0 Å². The maximum Gasteiger partial charge on any atom is 0.181 e. The summed E-state index contributed by atoms with van der Waals surface area (Å²) in [6, 6.07) is 7.79. The number of rotatable bonds is 5. The van der Waals surface area contributed by atoms with E-state index in [2.05, 4.69) is 35.9 Å². The van der Waals surface area contributed by atoms with Crippen molar-refractivity contribution in [3.63, 3.8) is 0 Å². The summed E-state index contributed by atoms with van der Waals surface area (Å²) >= 11 is 5.01. The first-order chi connectivity index (χ1) is 9.83. The molecule has 0 fully saturated rings. The number of aromatic amines is 1. The highest BCUT2D eigenvalue weighted by atomic mass is 79.9. The Kier molecular flexibility index (Phi) is 4.17. The molecule has 1 aromatic carbocycles. The monoisotopic (exact) mass is 350 g/mol. The summed E-state index contributed by atoms with van der Waals surface area (Å²) < 4.78 is 6.71. The molecule has 102 valence electrons. The minimum absolute atomic E-state index is 0.617. The van der Waals surface area contributed by atoms with Crippen molar-refractivity contribution in [2.45, 2.75) is 5.03 Å². The number of halogens is 1. The standard InChI is InChI=1S/C13H11BrN4OS/c14-9-1-3-10(4-2-9)19-5-6-20-13-11-12(16-7-15-11)17-8-18-13/h1-4,7-8H,5-6H2,(H,15,16,17,18). The smallest absolute Gasteiger partial charge is 0.181 e. The summed E-state index contributed by atoms with van der Waals surface area (Å²) in [5, 5.41) is 0.895. The highest BCUT2D eigenvalue weighted by Gasteiger charge is 2.06. The molecule has 5 nitrogen and oxygen atoms in total. The van der Waals surface area contributed by atoms with E-state index in [9.17, 15) is 0 Å². The molecule has 0 atom stereocenters. The predicted molar refractivity (Wildman–Crippen MR) is 82.0 cm³/mol. The SMILES string of the molecule is Brc1ccc(OCCSc2ncnc3nc[nH]c23)cc1. The Morgan fingerprint density at radius 2 is 2.00 bits per heavy atom. The van der Waals surface area contributed by atoms with Crippen LogP contribution in [0.4, 0.5) is 0 Å². The summed E-state index contributed by atoms with van der Waals surface area (Å²) in [6.07, 6.45) is 3.16. The summed E-state index contributed by atoms with van der Waals surface area (Å²) in [6.45, 7) is 0.617. The third-order valence-electron chi connectivity index (χ3n) is 2.59. The number of hydrogen-bond acceptors (Lipinski definition) is 5. The van der Waals surface area contributed by atoms with Crippen LogP contribution in [-0.2, 0) is 0 Å². The molecule has 0 unspecified atom stereocenters. The summed E-state index contributed by atoms with van der Waals surface area (Å²) in [7, 11) is 0. The Morgan fingerprint density at radius 3 is 2.85 bits per heavy atom. The van der Waals surface area contributed by atoms with Gasteiger partial charge in [-0.2, -0.15) is 0 Å². The average Bonchev–Trinajstić information content (AvgIpc) is 2.94. The van der Waals surface area contributed by atoms with Crippen LogP contribution in [0, 0.1) is 0 Å². The molecule has 0 bridgehead atoms. The predicted octanol–water partition coefficient (Wildman–Crippen LogP) is 3.29. The van der Waals surface area contributed by atoms with Crippen molar-refractivity contribution in [2.75, 3.05) is 12.4 Å². The van der Waals surface area contributed by atoms with Gasteiger partial charge in [-0.05, 0) is 24.3 Å². The van der Waals surface area contributed by atoms with Crippen LogP contribution in [0.15, 0.2) is 46.4 Å². The molecule has 20 heavy (non-hydrogen) atoms. The molecule has 3 aromatic rings. The summed E-state index contributed by atoms with van der Waals surface area (Å²) in [5.74, 6) is 1.67. The zero-order valence-corrected chi connectivity index (χ0v) is 12.8. The topological polar surface area (TPSA) is 63.7 Å². The second-order valence-electron chi connectivity index (χ2n) is 3.93. The molecule has 0 aliphatic carbocycles. The number of H-pyrrole nitrogens is 1. The van der Waals surface area contributed by atoms with Crippen LogP contribution in [-0.4, -0.2) is 32.3 Å². The lowest BCUT2D eigenvalue weighted by atomic mass is 10.3. The molecule has 1 N–H and O–H groups in total. The molecule has 0 saturated heterocycles. The maximum atomic E-state index is 5.67. The zero-order valence-electron chi connectivity index (χ0n) is 10.4. The number of thioether (sulfide) groups is 1. The van der Waals surface area contributed by atoms with Crippen LogP contribution in [0.5, 0.6) is 5.75 Å². The van der Waals surface area contributed by atoms with E-state index in [1.807, 2.05) is 24.3 Å². The minimum Gasteiger partial charge on any atom is -0.493 e. The second-order valence-corrected chi connectivity index (χ2v) is 5.93. The Labute approximate surface area is 128 Å². The third kappa shape index (κ3) is 3.10. The zero-order chi connectivity index (χ0) is 13.8. The van der Waals surface area contributed by atoms with Gasteiger partial charge in [0.1, 0.15) is 22.6 Å². The van der Waals surface area contributed by atoms with Gasteiger partial charge in [0.25, 0.3) is 0 Å². The molecule has 0 radical (unpaired) electrons. The van der Waals surface area contributed by atoms with E-state index in [1.54, 1.807) is 18.1 Å². The van der Waals surface area contributed by atoms with E-state index in [0.29, 0.717) is 12.3 Å². The fraction of sp³-hybridized carbons (Fsp3) is 0.154. The second kappa shape index (κ2) is 6.23. The fourth-order valence-corrected chi connectivity index (χ4v) is 2.72. The number of nitrogens with zero attached hydrogens (tertiary/aromatic N) is 3. The van der Waals surface area contributed by atoms with E-state index >= 15 is 0 Å². The molecule has 0 aliphatic heterocycles. The van der Waals surface area contributed by atoms with Gasteiger partial charge >= 0.3 is 0 Å². The van der Waals surface area contributed by atoms with Crippen molar-refractivity contribution in [3.05, 3.63) is 41.4 Å². The molecule has 2 aromatic heterocycles. The number of aromatic nitrogens is 4. The Balaban J connectivity index is 1.55. The van der Waals surface area contributed by atoms with Crippen LogP contribution in [0.1, 0.15) is 0 Å². The molecular weight excluding hydrogens is 340 g/mol. The number of fused-ring (bicyclic) bond motifs is 1. The van der Waals surface area contributed by atoms with Gasteiger partial charge in [-0.1, -0.05) is 15.9 Å². The van der Waals surface area contributed by atoms with Crippen LogP contribution in [0.3, 0.4) is 0 Å². The Hall–Kier alpha value is -1.60. The van der Waals surface area contributed by atoms with Crippen molar-refractivity contribution < 1.29 is 4.74 Å². The van der Waals surface area contributed by atoms with Gasteiger partial charge in [0.2, 0.25) is 0 Å². The van der Waals surface area contributed by atoms with E-state index in [0.717, 1.165) is 26.5 Å². The van der Waals surface area contributed by atoms with Crippen LogP contribution < -0.4 is 4.74 Å². The molecule has 0 amide bonds. The van der Waals surface area contributed by atoms with Crippen LogP contribution in [0.2, 0.25) is 0 Å². The van der Waals surface area contributed by atoms with Crippen molar-refractivity contribution in [2.24, 2.45) is 0 Å². The Bertz CT molecular complexity index is 701. The fourth-order valence-electron chi connectivity index (χ4n) is 1.68. The largest absolute Gasteiger partial charge is 0.493 e. The van der Waals surface area contributed by atoms with Gasteiger partial charge < -0.3 is 9.72 Å². The number of benzene rings is 1. The van der Waals surface area contributed by atoms with Crippen molar-refractivity contribution >= 4 is 38.9 Å². The van der Waals surface area contributed by atoms with E-state index in [4.69, 9.17) is 4.74 Å². The van der Waals surface area contributed by atoms with Gasteiger partial charge in [-0.3, -0.25) is 0 Å². The third-order valence-corrected chi connectivity index (χ3v) is 4.08. The normalized spacial score (nSPS) is 10.8. The molecular formula is C13H11BrN4OS. The van der Waals surface area contributed by atoms with E-state index in [1.165, 1.54) is 6.33 Å². The van der Waals surface area contributed by atoms with E-state index in [-0.39, 0.29) is 0 Å². The van der Waals surface area contributed by atoms with Crippen molar-refractivity contribution in [1.82, 2.24) is 19.9 Å². The lowest BCUT2D eigenvalue weighted by molar-refractivity contribution is 0.344. The van der Waals surface area contributed by atoms with Crippen LogP contribution in [0.25, 0.3) is 11.2 Å². The van der Waals surface area contributed by atoms with Gasteiger partial charge in [0.05, 0.1) is 12.9 Å². The molecule has 0 saturated carbocycles. The lowest BCUT2D eigenvalue weighted by Crippen LogP contribution is -2.00. The number of nitrogens with one attached hydrogen (secondary N) is 1. The number of hydrogen-bond donors (Lipinski definition) is 1. The first-order valence-electron chi connectivity index (χ1n) is 5.98. The average molecular weight is 351 g/mol. The van der Waals surface area contributed by atoms with E-state index < -0.39 is 0 Å². The number of imidazole rings is 1. The van der Waals surface area contributed by atoms with Crippen molar-refractivity contribution in [1.29, 1.82) is 0 Å². The molecule has 0 aliphatic rings. The maximum absolute atomic E-state index is 5.67. The lowest BCUT2D eigenvalue weighted by Gasteiger charge is -2.06. The molecule has 0 spiro atoms. The quantitative estimate of drug-likeness (QED) is 0.434. The molecule has 7 heteroatoms. The first kappa shape index (κ1) is 13.4.